The monoisotopic (exact) mass is 441 g/mol. The normalized spacial score (nSPS) is 10.3. The Bertz CT molecular complexity index is 572. The van der Waals surface area contributed by atoms with Gasteiger partial charge in [-0.05, 0) is 68.2 Å². The molecule has 0 radical (unpaired) electrons. The highest BCUT2D eigenvalue weighted by Gasteiger charge is 2.13. The van der Waals surface area contributed by atoms with Crippen LogP contribution in [-0.2, 0) is 0 Å². The summed E-state index contributed by atoms with van der Waals surface area (Å²) in [6, 6.07) is 7.34. The van der Waals surface area contributed by atoms with Crippen LogP contribution >= 0.6 is 61.5 Å². The SMILES string of the molecule is O=C(Nc1ccc(I)cc1Cl)c1sccc1Br. The molecule has 2 aromatic rings. The summed E-state index contributed by atoms with van der Waals surface area (Å²) in [7, 11) is 0. The molecule has 0 aliphatic rings. The molecule has 0 saturated heterocycles. The van der Waals surface area contributed by atoms with E-state index in [0.717, 1.165) is 8.04 Å². The third-order valence-electron chi connectivity index (χ3n) is 2.00. The van der Waals surface area contributed by atoms with Crippen molar-refractivity contribution in [3.63, 3.8) is 0 Å². The number of anilines is 1. The lowest BCUT2D eigenvalue weighted by molar-refractivity contribution is 0.103. The third-order valence-corrected chi connectivity index (χ3v) is 4.82. The second-order valence-corrected chi connectivity index (χ2v) is 6.60. The molecule has 1 aromatic heterocycles. The van der Waals surface area contributed by atoms with Crippen LogP contribution in [0.2, 0.25) is 5.02 Å². The Morgan fingerprint density at radius 1 is 1.41 bits per heavy atom. The van der Waals surface area contributed by atoms with E-state index >= 15 is 0 Å². The maximum Gasteiger partial charge on any atom is 0.266 e. The molecule has 0 saturated carbocycles. The van der Waals surface area contributed by atoms with Gasteiger partial charge in [0.25, 0.3) is 5.91 Å². The second-order valence-electron chi connectivity index (χ2n) is 3.18. The van der Waals surface area contributed by atoms with Crippen LogP contribution in [0.15, 0.2) is 34.1 Å². The molecule has 6 heteroatoms. The highest BCUT2D eigenvalue weighted by atomic mass is 127. The largest absolute Gasteiger partial charge is 0.320 e. The van der Waals surface area contributed by atoms with E-state index in [9.17, 15) is 4.79 Å². The van der Waals surface area contributed by atoms with E-state index in [4.69, 9.17) is 11.6 Å². The molecule has 1 aromatic carbocycles. The smallest absolute Gasteiger partial charge is 0.266 e. The van der Waals surface area contributed by atoms with Crippen LogP contribution in [-0.4, -0.2) is 5.91 Å². The zero-order chi connectivity index (χ0) is 12.4. The number of halogens is 3. The molecule has 0 unspecified atom stereocenters. The minimum Gasteiger partial charge on any atom is -0.320 e. The van der Waals surface area contributed by atoms with Crippen LogP contribution in [0, 0.1) is 3.57 Å². The van der Waals surface area contributed by atoms with E-state index in [2.05, 4.69) is 43.8 Å². The molecule has 88 valence electrons. The van der Waals surface area contributed by atoms with Gasteiger partial charge in [-0.2, -0.15) is 0 Å². The minimum absolute atomic E-state index is 0.157. The maximum absolute atomic E-state index is 11.9. The number of amides is 1. The summed E-state index contributed by atoms with van der Waals surface area (Å²) in [5, 5.41) is 5.18. The average Bonchev–Trinajstić information content (AvgIpc) is 2.68. The van der Waals surface area contributed by atoms with E-state index in [1.807, 2.05) is 17.5 Å². The van der Waals surface area contributed by atoms with Gasteiger partial charge in [0.1, 0.15) is 4.88 Å². The predicted octanol–water partition coefficient (Wildman–Crippen LogP) is 5.02. The number of hydrogen-bond donors (Lipinski definition) is 1. The Hall–Kier alpha value is -0.110. The molecule has 0 bridgehead atoms. The van der Waals surface area contributed by atoms with Crippen molar-refractivity contribution in [3.8, 4) is 0 Å². The van der Waals surface area contributed by atoms with Crippen LogP contribution in [0.1, 0.15) is 9.67 Å². The molecule has 17 heavy (non-hydrogen) atoms. The third kappa shape index (κ3) is 3.21. The van der Waals surface area contributed by atoms with Gasteiger partial charge in [0.05, 0.1) is 10.7 Å². The highest BCUT2D eigenvalue weighted by molar-refractivity contribution is 14.1. The van der Waals surface area contributed by atoms with E-state index in [-0.39, 0.29) is 5.91 Å². The van der Waals surface area contributed by atoms with Crippen molar-refractivity contribution in [1.82, 2.24) is 0 Å². The van der Waals surface area contributed by atoms with Gasteiger partial charge in [-0.25, -0.2) is 0 Å². The average molecular weight is 443 g/mol. The number of rotatable bonds is 2. The Morgan fingerprint density at radius 3 is 2.76 bits per heavy atom. The number of carbonyl (C=O) groups is 1. The summed E-state index contributed by atoms with van der Waals surface area (Å²) in [4.78, 5) is 12.6. The molecular weight excluding hydrogens is 436 g/mol. The topological polar surface area (TPSA) is 29.1 Å². The number of carbonyl (C=O) groups excluding carboxylic acids is 1. The lowest BCUT2D eigenvalue weighted by Gasteiger charge is -2.06. The summed E-state index contributed by atoms with van der Waals surface area (Å²) < 4.78 is 1.82. The van der Waals surface area contributed by atoms with Crippen molar-refractivity contribution in [1.29, 1.82) is 0 Å². The van der Waals surface area contributed by atoms with Crippen molar-refractivity contribution in [2.24, 2.45) is 0 Å². The number of hydrogen-bond acceptors (Lipinski definition) is 2. The summed E-state index contributed by atoms with van der Waals surface area (Å²) in [5.41, 5.74) is 0.623. The van der Waals surface area contributed by atoms with Gasteiger partial charge in [-0.3, -0.25) is 4.79 Å². The summed E-state index contributed by atoms with van der Waals surface area (Å²) in [5.74, 6) is -0.157. The number of nitrogens with one attached hydrogen (secondary N) is 1. The fourth-order valence-corrected chi connectivity index (χ4v) is 3.58. The molecule has 2 nitrogen and oxygen atoms in total. The van der Waals surface area contributed by atoms with E-state index in [1.165, 1.54) is 11.3 Å². The summed E-state index contributed by atoms with van der Waals surface area (Å²) in [6.45, 7) is 0. The second kappa shape index (κ2) is 5.69. The molecule has 0 aliphatic carbocycles. The first-order valence-corrected chi connectivity index (χ1v) is 7.70. The van der Waals surface area contributed by atoms with Gasteiger partial charge >= 0.3 is 0 Å². The van der Waals surface area contributed by atoms with E-state index in [1.54, 1.807) is 12.1 Å². The standard InChI is InChI=1S/C11H6BrClINOS/c12-7-3-4-17-10(7)11(16)15-9-2-1-6(14)5-8(9)13/h1-5H,(H,15,16). The van der Waals surface area contributed by atoms with Crippen LogP contribution in [0.25, 0.3) is 0 Å². The summed E-state index contributed by atoms with van der Waals surface area (Å²) >= 11 is 12.9. The Morgan fingerprint density at radius 2 is 2.18 bits per heavy atom. The molecule has 2 rings (SSSR count). The van der Waals surface area contributed by atoms with E-state index < -0.39 is 0 Å². The van der Waals surface area contributed by atoms with Gasteiger partial charge in [0.2, 0.25) is 0 Å². The lowest BCUT2D eigenvalue weighted by atomic mass is 10.3. The van der Waals surface area contributed by atoms with Gasteiger partial charge in [0, 0.05) is 8.04 Å². The molecule has 0 fully saturated rings. The first kappa shape index (κ1) is 13.3. The zero-order valence-corrected chi connectivity index (χ0v) is 13.7. The summed E-state index contributed by atoms with van der Waals surface area (Å²) in [6.07, 6.45) is 0. The Kier molecular flexibility index (Phi) is 4.46. The Balaban J connectivity index is 2.22. The lowest BCUT2D eigenvalue weighted by Crippen LogP contribution is -2.11. The minimum atomic E-state index is -0.157. The van der Waals surface area contributed by atoms with Crippen molar-refractivity contribution in [3.05, 3.63) is 47.6 Å². The maximum atomic E-state index is 11.9. The fraction of sp³-hybridized carbons (Fsp3) is 0. The fourth-order valence-electron chi connectivity index (χ4n) is 1.23. The van der Waals surface area contributed by atoms with Crippen LogP contribution in [0.5, 0.6) is 0 Å². The van der Waals surface area contributed by atoms with Crippen LogP contribution < -0.4 is 5.32 Å². The van der Waals surface area contributed by atoms with Gasteiger partial charge < -0.3 is 5.32 Å². The molecule has 1 heterocycles. The first-order valence-electron chi connectivity index (χ1n) is 4.57. The van der Waals surface area contributed by atoms with Gasteiger partial charge in [-0.1, -0.05) is 11.6 Å². The van der Waals surface area contributed by atoms with Gasteiger partial charge in [-0.15, -0.1) is 11.3 Å². The molecule has 0 atom stereocenters. The zero-order valence-electron chi connectivity index (χ0n) is 8.34. The molecular formula is C11H6BrClINOS. The number of thiophene rings is 1. The number of benzene rings is 1. The van der Waals surface area contributed by atoms with Crippen molar-refractivity contribution >= 4 is 73.1 Å². The van der Waals surface area contributed by atoms with Crippen LogP contribution in [0.4, 0.5) is 5.69 Å². The Labute approximate surface area is 130 Å². The molecule has 0 aliphatic heterocycles. The van der Waals surface area contributed by atoms with Crippen molar-refractivity contribution < 1.29 is 4.79 Å². The van der Waals surface area contributed by atoms with Crippen molar-refractivity contribution in [2.45, 2.75) is 0 Å². The van der Waals surface area contributed by atoms with Crippen molar-refractivity contribution in [2.75, 3.05) is 5.32 Å². The highest BCUT2D eigenvalue weighted by Crippen LogP contribution is 2.27. The predicted molar refractivity (Wildman–Crippen MR) is 84.1 cm³/mol. The molecule has 0 spiro atoms. The van der Waals surface area contributed by atoms with Crippen LogP contribution in [0.3, 0.4) is 0 Å². The van der Waals surface area contributed by atoms with Gasteiger partial charge in [0.15, 0.2) is 0 Å². The molecule has 1 amide bonds. The first-order chi connectivity index (χ1) is 8.08. The quantitative estimate of drug-likeness (QED) is 0.650. The molecule has 1 N–H and O–H groups in total. The van der Waals surface area contributed by atoms with E-state index in [0.29, 0.717) is 15.6 Å².